The predicted molar refractivity (Wildman–Crippen MR) is 131 cm³/mol. The number of hydrogen-bond acceptors (Lipinski definition) is 0. The highest BCUT2D eigenvalue weighted by Gasteiger charge is 2.13. The zero-order valence-electron chi connectivity index (χ0n) is 20.0. The molecule has 28 heavy (non-hydrogen) atoms. The highest BCUT2D eigenvalue weighted by molar-refractivity contribution is 5.10. The van der Waals surface area contributed by atoms with Crippen LogP contribution in [0.15, 0.2) is 48.6 Å². The molecule has 0 aromatic carbocycles. The summed E-state index contributed by atoms with van der Waals surface area (Å²) in [6.45, 7) is 24.2. The van der Waals surface area contributed by atoms with Gasteiger partial charge < -0.3 is 0 Å². The standard InChI is InChI=1S/C28H50/c1-23(2)16-14-12-10-9-11-13-15-17-28(27(8)21-19-25(5)6)22-26(7)20-18-24(3)4/h13,15,24-25,28H,1,7-12,14,16-22H2,2-6H3. The number of rotatable bonds is 18. The number of hydrogen-bond donors (Lipinski definition) is 0. The summed E-state index contributed by atoms with van der Waals surface area (Å²) in [6, 6.07) is 0. The van der Waals surface area contributed by atoms with E-state index in [0.29, 0.717) is 5.92 Å². The number of allylic oxidation sites excluding steroid dienone is 5. The van der Waals surface area contributed by atoms with Crippen molar-refractivity contribution >= 4 is 0 Å². The molecule has 0 heterocycles. The van der Waals surface area contributed by atoms with Crippen LogP contribution in [0.25, 0.3) is 0 Å². The van der Waals surface area contributed by atoms with Crippen LogP contribution >= 0.6 is 0 Å². The van der Waals surface area contributed by atoms with Crippen LogP contribution in [-0.2, 0) is 0 Å². The van der Waals surface area contributed by atoms with E-state index in [1.54, 1.807) is 0 Å². The van der Waals surface area contributed by atoms with E-state index in [-0.39, 0.29) is 0 Å². The summed E-state index contributed by atoms with van der Waals surface area (Å²) in [6.07, 6.45) is 19.6. The molecular weight excluding hydrogens is 336 g/mol. The van der Waals surface area contributed by atoms with Crippen LogP contribution in [0.3, 0.4) is 0 Å². The van der Waals surface area contributed by atoms with E-state index in [1.807, 2.05) is 0 Å². The Labute approximate surface area is 178 Å². The largest absolute Gasteiger partial charge is 0.100 e. The minimum atomic E-state index is 0.574. The van der Waals surface area contributed by atoms with Crippen molar-refractivity contribution in [3.05, 3.63) is 48.6 Å². The van der Waals surface area contributed by atoms with Crippen LogP contribution in [0.5, 0.6) is 0 Å². The van der Waals surface area contributed by atoms with Crippen molar-refractivity contribution < 1.29 is 0 Å². The van der Waals surface area contributed by atoms with E-state index in [4.69, 9.17) is 0 Å². The van der Waals surface area contributed by atoms with Gasteiger partial charge in [0.1, 0.15) is 0 Å². The van der Waals surface area contributed by atoms with Crippen molar-refractivity contribution in [2.75, 3.05) is 0 Å². The molecular formula is C28H50. The Hall–Kier alpha value is -1.04. The summed E-state index contributed by atoms with van der Waals surface area (Å²) < 4.78 is 0. The first-order valence-electron chi connectivity index (χ1n) is 11.9. The summed E-state index contributed by atoms with van der Waals surface area (Å²) in [5.74, 6) is 2.09. The maximum atomic E-state index is 4.46. The van der Waals surface area contributed by atoms with Crippen LogP contribution in [-0.4, -0.2) is 0 Å². The third kappa shape index (κ3) is 17.1. The van der Waals surface area contributed by atoms with Crippen LogP contribution in [0.1, 0.15) is 112 Å². The Morgan fingerprint density at radius 3 is 1.96 bits per heavy atom. The Balaban J connectivity index is 4.33. The fourth-order valence-electron chi connectivity index (χ4n) is 3.44. The molecule has 1 unspecified atom stereocenters. The first kappa shape index (κ1) is 27.0. The van der Waals surface area contributed by atoms with Crippen molar-refractivity contribution in [3.63, 3.8) is 0 Å². The topological polar surface area (TPSA) is 0 Å². The van der Waals surface area contributed by atoms with Crippen molar-refractivity contribution in [2.45, 2.75) is 112 Å². The fourth-order valence-corrected chi connectivity index (χ4v) is 3.44. The molecule has 0 amide bonds. The second kappa shape index (κ2) is 16.9. The van der Waals surface area contributed by atoms with Gasteiger partial charge in [0, 0.05) is 0 Å². The van der Waals surface area contributed by atoms with E-state index in [0.717, 1.165) is 31.1 Å². The molecule has 0 heteroatoms. The molecule has 0 spiro atoms. The fraction of sp³-hybridized carbons (Fsp3) is 0.714. The summed E-state index contributed by atoms with van der Waals surface area (Å²) in [5, 5.41) is 0. The molecule has 0 N–H and O–H groups in total. The van der Waals surface area contributed by atoms with E-state index >= 15 is 0 Å². The van der Waals surface area contributed by atoms with Gasteiger partial charge in [0.25, 0.3) is 0 Å². The van der Waals surface area contributed by atoms with Gasteiger partial charge in [0.2, 0.25) is 0 Å². The molecule has 0 rings (SSSR count). The third-order valence-corrected chi connectivity index (χ3v) is 5.54. The van der Waals surface area contributed by atoms with Gasteiger partial charge in [-0.2, -0.15) is 0 Å². The predicted octanol–water partition coefficient (Wildman–Crippen LogP) is 9.84. The lowest BCUT2D eigenvalue weighted by Crippen LogP contribution is -2.06. The zero-order chi connectivity index (χ0) is 21.4. The molecule has 162 valence electrons. The van der Waals surface area contributed by atoms with E-state index in [1.165, 1.54) is 74.5 Å². The lowest BCUT2D eigenvalue weighted by Gasteiger charge is -2.21. The molecule has 1 atom stereocenters. The third-order valence-electron chi connectivity index (χ3n) is 5.54. The summed E-state index contributed by atoms with van der Waals surface area (Å²) >= 11 is 0. The van der Waals surface area contributed by atoms with Gasteiger partial charge in [-0.15, -0.1) is 6.58 Å². The molecule has 0 aromatic rings. The molecule has 0 radical (unpaired) electrons. The van der Waals surface area contributed by atoms with Crippen molar-refractivity contribution in [3.8, 4) is 0 Å². The SMILES string of the molecule is C=C(C)CCCCCCC=CCC(CC(=C)CCC(C)C)C(=C)CCC(C)C. The van der Waals surface area contributed by atoms with Crippen molar-refractivity contribution in [1.82, 2.24) is 0 Å². The maximum Gasteiger partial charge on any atom is -0.0134 e. The van der Waals surface area contributed by atoms with Crippen molar-refractivity contribution in [1.29, 1.82) is 0 Å². The quantitative estimate of drug-likeness (QED) is 0.162. The molecule has 0 aliphatic rings. The second-order valence-corrected chi connectivity index (χ2v) is 9.79. The zero-order valence-corrected chi connectivity index (χ0v) is 20.0. The van der Waals surface area contributed by atoms with Gasteiger partial charge in [0.05, 0.1) is 0 Å². The van der Waals surface area contributed by atoms with E-state index < -0.39 is 0 Å². The van der Waals surface area contributed by atoms with Gasteiger partial charge >= 0.3 is 0 Å². The normalized spacial score (nSPS) is 12.8. The van der Waals surface area contributed by atoms with Crippen molar-refractivity contribution in [2.24, 2.45) is 17.8 Å². The number of unbranched alkanes of at least 4 members (excludes halogenated alkanes) is 4. The first-order valence-corrected chi connectivity index (χ1v) is 11.9. The van der Waals surface area contributed by atoms with Gasteiger partial charge in [-0.1, -0.05) is 82.6 Å². The van der Waals surface area contributed by atoms with Crippen LogP contribution in [0.2, 0.25) is 0 Å². The Morgan fingerprint density at radius 2 is 1.36 bits per heavy atom. The maximum absolute atomic E-state index is 4.46. The first-order chi connectivity index (χ1) is 13.2. The monoisotopic (exact) mass is 386 g/mol. The lowest BCUT2D eigenvalue weighted by molar-refractivity contribution is 0.514. The average molecular weight is 387 g/mol. The minimum absolute atomic E-state index is 0.574. The van der Waals surface area contributed by atoms with Gasteiger partial charge in [0.15, 0.2) is 0 Å². The summed E-state index contributed by atoms with van der Waals surface area (Å²) in [4.78, 5) is 0. The molecule has 0 aromatic heterocycles. The average Bonchev–Trinajstić information content (AvgIpc) is 2.61. The summed E-state index contributed by atoms with van der Waals surface area (Å²) in [7, 11) is 0. The molecule has 0 aliphatic heterocycles. The molecule has 0 saturated heterocycles. The minimum Gasteiger partial charge on any atom is -0.100 e. The van der Waals surface area contributed by atoms with Gasteiger partial charge in [-0.3, -0.25) is 0 Å². The van der Waals surface area contributed by atoms with Gasteiger partial charge in [-0.25, -0.2) is 0 Å². The van der Waals surface area contributed by atoms with Crippen LogP contribution in [0, 0.1) is 17.8 Å². The van der Waals surface area contributed by atoms with Crippen LogP contribution < -0.4 is 0 Å². The van der Waals surface area contributed by atoms with Gasteiger partial charge in [-0.05, 0) is 88.9 Å². The molecule has 0 nitrogen and oxygen atoms in total. The lowest BCUT2D eigenvalue weighted by atomic mass is 9.85. The Morgan fingerprint density at radius 1 is 0.750 bits per heavy atom. The molecule has 0 bridgehead atoms. The second-order valence-electron chi connectivity index (χ2n) is 9.79. The van der Waals surface area contributed by atoms with Crippen LogP contribution in [0.4, 0.5) is 0 Å². The van der Waals surface area contributed by atoms with E-state index in [2.05, 4.69) is 66.5 Å². The van der Waals surface area contributed by atoms with E-state index in [9.17, 15) is 0 Å². The highest BCUT2D eigenvalue weighted by Crippen LogP contribution is 2.29. The highest BCUT2D eigenvalue weighted by atomic mass is 14.2. The smallest absolute Gasteiger partial charge is 0.0134 e. The molecule has 0 aliphatic carbocycles. The molecule has 0 fully saturated rings. The Bertz CT molecular complexity index is 460. The molecule has 0 saturated carbocycles. The Kier molecular flexibility index (Phi) is 16.2. The summed E-state index contributed by atoms with van der Waals surface area (Å²) in [5.41, 5.74) is 4.16.